The first-order chi connectivity index (χ1) is 15.1. The Labute approximate surface area is 193 Å². The molecule has 0 bridgehead atoms. The van der Waals surface area contributed by atoms with E-state index in [1.807, 2.05) is 6.07 Å². The van der Waals surface area contributed by atoms with Crippen molar-refractivity contribution in [3.05, 3.63) is 47.3 Å². The van der Waals surface area contributed by atoms with Crippen LogP contribution in [0.4, 0.5) is 0 Å². The molecule has 0 radical (unpaired) electrons. The van der Waals surface area contributed by atoms with E-state index in [9.17, 15) is 15.0 Å². The zero-order valence-electron chi connectivity index (χ0n) is 20.4. The summed E-state index contributed by atoms with van der Waals surface area (Å²) in [7, 11) is 0. The van der Waals surface area contributed by atoms with Crippen molar-refractivity contribution < 1.29 is 23.8 Å². The topological polar surface area (TPSA) is 83.8 Å². The molecular weight excluding hydrogens is 404 g/mol. The third-order valence-electron chi connectivity index (χ3n) is 6.29. The lowest BCUT2D eigenvalue weighted by Crippen LogP contribution is -2.23. The molecule has 2 rings (SSSR count). The molecular formula is C27H42O5. The number of aliphatic hydroxyl groups is 1. The van der Waals surface area contributed by atoms with E-state index in [4.69, 9.17) is 8.83 Å². The maximum Gasteiger partial charge on any atom is 0.309 e. The van der Waals surface area contributed by atoms with Gasteiger partial charge in [0.25, 0.3) is 0 Å². The van der Waals surface area contributed by atoms with E-state index >= 15 is 0 Å². The van der Waals surface area contributed by atoms with Gasteiger partial charge in [-0.05, 0) is 75.6 Å². The average molecular weight is 447 g/mol. The minimum absolute atomic E-state index is 0.0112. The Bertz CT molecular complexity index is 812. The number of aliphatic carboxylic acids is 1. The van der Waals surface area contributed by atoms with Gasteiger partial charge < -0.3 is 19.0 Å². The van der Waals surface area contributed by atoms with Crippen molar-refractivity contribution in [2.75, 3.05) is 6.61 Å². The van der Waals surface area contributed by atoms with E-state index in [0.717, 1.165) is 87.2 Å². The van der Waals surface area contributed by atoms with E-state index in [-0.39, 0.29) is 12.0 Å². The quantitative estimate of drug-likeness (QED) is 0.284. The third kappa shape index (κ3) is 9.23. The first-order valence-electron chi connectivity index (χ1n) is 12.1. The van der Waals surface area contributed by atoms with E-state index in [2.05, 4.69) is 32.0 Å². The smallest absolute Gasteiger partial charge is 0.309 e. The van der Waals surface area contributed by atoms with Crippen LogP contribution in [-0.2, 0) is 30.5 Å². The van der Waals surface area contributed by atoms with Crippen LogP contribution in [0.1, 0.15) is 95.7 Å². The summed E-state index contributed by atoms with van der Waals surface area (Å²) in [4.78, 5) is 11.2. The molecule has 0 aliphatic rings. The van der Waals surface area contributed by atoms with Gasteiger partial charge in [-0.3, -0.25) is 4.79 Å². The van der Waals surface area contributed by atoms with E-state index in [1.54, 1.807) is 13.8 Å². The number of carboxylic acid groups (broad SMARTS) is 1. The van der Waals surface area contributed by atoms with Crippen LogP contribution in [0.3, 0.4) is 0 Å². The van der Waals surface area contributed by atoms with Crippen LogP contribution in [-0.4, -0.2) is 22.8 Å². The van der Waals surface area contributed by atoms with E-state index < -0.39 is 11.4 Å². The number of hydrogen-bond acceptors (Lipinski definition) is 4. The summed E-state index contributed by atoms with van der Waals surface area (Å²) in [6.45, 7) is 8.00. The molecule has 180 valence electrons. The Morgan fingerprint density at radius 1 is 0.719 bits per heavy atom. The highest BCUT2D eigenvalue weighted by Gasteiger charge is 2.26. The molecule has 0 aromatic carbocycles. The molecule has 0 amide bonds. The fourth-order valence-corrected chi connectivity index (χ4v) is 3.77. The average Bonchev–Trinajstić information content (AvgIpc) is 3.38. The van der Waals surface area contributed by atoms with Gasteiger partial charge in [0.15, 0.2) is 0 Å². The highest BCUT2D eigenvalue weighted by atomic mass is 16.4. The van der Waals surface area contributed by atoms with Crippen LogP contribution in [0.5, 0.6) is 0 Å². The van der Waals surface area contributed by atoms with Gasteiger partial charge in [0.2, 0.25) is 0 Å². The maximum atomic E-state index is 11.2. The van der Waals surface area contributed by atoms with Crippen molar-refractivity contribution in [1.82, 2.24) is 0 Å². The van der Waals surface area contributed by atoms with Gasteiger partial charge in [0.1, 0.15) is 23.0 Å². The van der Waals surface area contributed by atoms with Gasteiger partial charge in [-0.2, -0.15) is 0 Å². The highest BCUT2D eigenvalue weighted by molar-refractivity contribution is 5.73. The van der Waals surface area contributed by atoms with Gasteiger partial charge in [-0.1, -0.05) is 26.7 Å². The molecule has 0 spiro atoms. The normalized spacial score (nSPS) is 12.4. The van der Waals surface area contributed by atoms with E-state index in [1.165, 1.54) is 0 Å². The maximum absolute atomic E-state index is 11.2. The van der Waals surface area contributed by atoms with Crippen LogP contribution in [0, 0.1) is 10.8 Å². The monoisotopic (exact) mass is 446 g/mol. The fourth-order valence-electron chi connectivity index (χ4n) is 3.77. The van der Waals surface area contributed by atoms with Gasteiger partial charge in [-0.15, -0.1) is 0 Å². The third-order valence-corrected chi connectivity index (χ3v) is 6.29. The predicted octanol–water partition coefficient (Wildman–Crippen LogP) is 6.60. The molecule has 0 fully saturated rings. The standard InChI is InChI=1S/C27H42O5/c1-26(2,20-28)18-7-5-10-21-14-16-23(31-21)12-9-13-24-17-15-22(32-24)11-6-8-19-27(3,4)25(29)30/h14-17,28H,5-13,18-20H2,1-4H3,(H,29,30). The second-order valence-corrected chi connectivity index (χ2v) is 10.5. The summed E-state index contributed by atoms with van der Waals surface area (Å²) in [5.74, 6) is 3.34. The summed E-state index contributed by atoms with van der Waals surface area (Å²) >= 11 is 0. The molecule has 2 aromatic heterocycles. The summed E-state index contributed by atoms with van der Waals surface area (Å²) in [5, 5.41) is 18.5. The number of aliphatic hydroxyl groups excluding tert-OH is 1. The molecule has 0 atom stereocenters. The number of carboxylic acids is 1. The number of furan rings is 2. The molecule has 2 N–H and O–H groups in total. The molecule has 0 aliphatic heterocycles. The number of hydrogen-bond donors (Lipinski definition) is 2. The second-order valence-electron chi connectivity index (χ2n) is 10.5. The van der Waals surface area contributed by atoms with Crippen LogP contribution >= 0.6 is 0 Å². The Kier molecular flexibility index (Phi) is 10.1. The fraction of sp³-hybridized carbons (Fsp3) is 0.667. The Morgan fingerprint density at radius 3 is 1.53 bits per heavy atom. The van der Waals surface area contributed by atoms with Gasteiger partial charge in [-0.25, -0.2) is 0 Å². The van der Waals surface area contributed by atoms with Crippen molar-refractivity contribution in [3.8, 4) is 0 Å². The number of aryl methyl sites for hydroxylation is 4. The summed E-state index contributed by atoms with van der Waals surface area (Å²) in [6.07, 6.45) is 10.3. The lowest BCUT2D eigenvalue weighted by molar-refractivity contribution is -0.147. The molecule has 2 aromatic rings. The summed E-state index contributed by atoms with van der Waals surface area (Å²) in [5.41, 5.74) is -0.645. The lowest BCUT2D eigenvalue weighted by Gasteiger charge is -2.20. The Hall–Kier alpha value is -2.01. The van der Waals surface area contributed by atoms with Crippen LogP contribution < -0.4 is 0 Å². The van der Waals surface area contributed by atoms with Crippen molar-refractivity contribution in [3.63, 3.8) is 0 Å². The Balaban J connectivity index is 1.62. The van der Waals surface area contributed by atoms with Gasteiger partial charge in [0, 0.05) is 32.3 Å². The van der Waals surface area contributed by atoms with Crippen molar-refractivity contribution in [1.29, 1.82) is 0 Å². The first-order valence-corrected chi connectivity index (χ1v) is 12.1. The number of rotatable bonds is 16. The SMILES string of the molecule is CC(C)(CO)CCCCc1ccc(CCCc2ccc(CCCCC(C)(C)C(=O)O)o2)o1. The van der Waals surface area contributed by atoms with Crippen LogP contribution in [0.15, 0.2) is 33.1 Å². The van der Waals surface area contributed by atoms with Gasteiger partial charge in [0.05, 0.1) is 5.41 Å². The minimum atomic E-state index is -0.733. The molecule has 5 nitrogen and oxygen atoms in total. The zero-order chi connectivity index (χ0) is 23.6. The molecule has 0 aliphatic carbocycles. The molecule has 2 heterocycles. The van der Waals surface area contributed by atoms with Crippen LogP contribution in [0.25, 0.3) is 0 Å². The minimum Gasteiger partial charge on any atom is -0.481 e. The Morgan fingerprint density at radius 2 is 1.12 bits per heavy atom. The number of unbranched alkanes of at least 4 members (excludes halogenated alkanes) is 2. The summed E-state index contributed by atoms with van der Waals surface area (Å²) in [6, 6.07) is 8.26. The number of carbonyl (C=O) groups is 1. The highest BCUT2D eigenvalue weighted by Crippen LogP contribution is 2.25. The van der Waals surface area contributed by atoms with Crippen molar-refractivity contribution in [2.24, 2.45) is 10.8 Å². The molecule has 32 heavy (non-hydrogen) atoms. The lowest BCUT2D eigenvalue weighted by atomic mass is 9.87. The summed E-state index contributed by atoms with van der Waals surface area (Å²) < 4.78 is 11.9. The van der Waals surface area contributed by atoms with Gasteiger partial charge >= 0.3 is 5.97 Å². The molecule has 0 unspecified atom stereocenters. The zero-order valence-corrected chi connectivity index (χ0v) is 20.4. The first kappa shape index (κ1) is 26.2. The molecule has 5 heteroatoms. The largest absolute Gasteiger partial charge is 0.481 e. The second kappa shape index (κ2) is 12.3. The molecule has 0 saturated heterocycles. The van der Waals surface area contributed by atoms with E-state index in [0.29, 0.717) is 6.42 Å². The molecule has 0 saturated carbocycles. The van der Waals surface area contributed by atoms with Crippen LogP contribution in [0.2, 0.25) is 0 Å². The van der Waals surface area contributed by atoms with Crippen molar-refractivity contribution >= 4 is 5.97 Å². The van der Waals surface area contributed by atoms with Crippen molar-refractivity contribution in [2.45, 2.75) is 98.3 Å². The predicted molar refractivity (Wildman–Crippen MR) is 127 cm³/mol.